The Balaban J connectivity index is 1.63. The zero-order chi connectivity index (χ0) is 29.0. The average Bonchev–Trinajstić information content (AvgIpc) is 3.17. The molecule has 0 fully saturated rings. The fourth-order valence-electron chi connectivity index (χ4n) is 4.18. The second-order valence-corrected chi connectivity index (χ2v) is 8.78. The molecule has 1 unspecified atom stereocenters. The van der Waals surface area contributed by atoms with E-state index in [0.717, 1.165) is 12.1 Å². The third-order valence-electron chi connectivity index (χ3n) is 5.84. The standard InChI is InChI=1S/C29H20ClFN2O8/c1-2-37-25-20(14-9-15-32-25)29(40-27(35)38-18-10-5-3-6-11-18)21-16-23(31)22(30)17-24(21)33(26(29)34)41-28(36)39-19-12-7-4-8-13-19/h3-17H,2H2,1H3. The number of hydrogen-bond donors (Lipinski definition) is 0. The summed E-state index contributed by atoms with van der Waals surface area (Å²) in [5, 5.41) is 0.102. The van der Waals surface area contributed by atoms with Gasteiger partial charge in [-0.2, -0.15) is 0 Å². The number of ether oxygens (including phenoxy) is 4. The van der Waals surface area contributed by atoms with Crippen LogP contribution in [0.5, 0.6) is 17.4 Å². The fraction of sp³-hybridized carbons (Fsp3) is 0.103. The normalized spacial score (nSPS) is 15.6. The lowest BCUT2D eigenvalue weighted by atomic mass is 9.87. The number of para-hydroxylation sites is 2. The van der Waals surface area contributed by atoms with Gasteiger partial charge in [-0.1, -0.05) is 48.0 Å². The number of carbonyl (C=O) groups is 3. The van der Waals surface area contributed by atoms with Crippen LogP contribution in [0.3, 0.4) is 0 Å². The molecule has 1 aliphatic rings. The second kappa shape index (κ2) is 11.5. The van der Waals surface area contributed by atoms with Gasteiger partial charge < -0.3 is 18.9 Å². The summed E-state index contributed by atoms with van der Waals surface area (Å²) in [6.07, 6.45) is -1.25. The van der Waals surface area contributed by atoms with Crippen LogP contribution in [0.25, 0.3) is 0 Å². The van der Waals surface area contributed by atoms with Crippen LogP contribution in [0.4, 0.5) is 19.7 Å². The number of hydroxylamine groups is 1. The molecule has 5 rings (SSSR count). The minimum Gasteiger partial charge on any atom is -0.478 e. The number of rotatable bonds is 7. The van der Waals surface area contributed by atoms with Crippen molar-refractivity contribution in [2.45, 2.75) is 12.5 Å². The first-order valence-corrected chi connectivity index (χ1v) is 12.5. The molecule has 12 heteroatoms. The first kappa shape index (κ1) is 27.4. The number of hydrogen-bond acceptors (Lipinski definition) is 9. The number of benzene rings is 3. The number of halogens is 2. The van der Waals surface area contributed by atoms with Crippen molar-refractivity contribution < 1.29 is 42.6 Å². The lowest BCUT2D eigenvalue weighted by molar-refractivity contribution is -0.139. The van der Waals surface area contributed by atoms with Gasteiger partial charge in [0, 0.05) is 11.8 Å². The molecule has 10 nitrogen and oxygen atoms in total. The summed E-state index contributed by atoms with van der Waals surface area (Å²) < 4.78 is 36.8. The predicted octanol–water partition coefficient (Wildman–Crippen LogP) is 6.21. The summed E-state index contributed by atoms with van der Waals surface area (Å²) >= 11 is 6.05. The highest BCUT2D eigenvalue weighted by atomic mass is 35.5. The molecular weight excluding hydrogens is 559 g/mol. The van der Waals surface area contributed by atoms with E-state index in [1.54, 1.807) is 43.3 Å². The van der Waals surface area contributed by atoms with Crippen molar-refractivity contribution >= 4 is 35.5 Å². The van der Waals surface area contributed by atoms with E-state index in [0.29, 0.717) is 5.06 Å². The van der Waals surface area contributed by atoms with Crippen molar-refractivity contribution in [2.24, 2.45) is 0 Å². The molecular formula is C29H20ClFN2O8. The highest BCUT2D eigenvalue weighted by molar-refractivity contribution is 6.31. The summed E-state index contributed by atoms with van der Waals surface area (Å²) in [7, 11) is 0. The van der Waals surface area contributed by atoms with Gasteiger partial charge in [0.25, 0.3) is 5.60 Å². The van der Waals surface area contributed by atoms with Gasteiger partial charge in [-0.3, -0.25) is 9.63 Å². The maximum atomic E-state index is 15.0. The molecule has 3 aromatic carbocycles. The highest BCUT2D eigenvalue weighted by Gasteiger charge is 2.60. The maximum Gasteiger partial charge on any atom is 0.539 e. The van der Waals surface area contributed by atoms with Gasteiger partial charge in [-0.25, -0.2) is 19.0 Å². The van der Waals surface area contributed by atoms with Crippen molar-refractivity contribution in [1.29, 1.82) is 0 Å². The van der Waals surface area contributed by atoms with E-state index < -0.39 is 34.7 Å². The minimum absolute atomic E-state index is 0.0950. The van der Waals surface area contributed by atoms with Gasteiger partial charge in [-0.15, -0.1) is 5.06 Å². The number of aromatic nitrogens is 1. The van der Waals surface area contributed by atoms with Crippen molar-refractivity contribution in [3.63, 3.8) is 0 Å². The lowest BCUT2D eigenvalue weighted by Crippen LogP contribution is -2.46. The van der Waals surface area contributed by atoms with E-state index in [4.69, 9.17) is 35.4 Å². The largest absolute Gasteiger partial charge is 0.539 e. The van der Waals surface area contributed by atoms with Crippen molar-refractivity contribution in [1.82, 2.24) is 4.98 Å². The van der Waals surface area contributed by atoms with Crippen LogP contribution in [0, 0.1) is 5.82 Å². The molecule has 0 N–H and O–H groups in total. The summed E-state index contributed by atoms with van der Waals surface area (Å²) in [5.74, 6) is -1.96. The van der Waals surface area contributed by atoms with E-state index >= 15 is 0 Å². The Morgan fingerprint density at radius 3 is 2.17 bits per heavy atom. The van der Waals surface area contributed by atoms with Gasteiger partial charge in [-0.05, 0) is 55.5 Å². The Morgan fingerprint density at radius 1 is 0.902 bits per heavy atom. The number of fused-ring (bicyclic) bond motifs is 1. The van der Waals surface area contributed by atoms with E-state index in [2.05, 4.69) is 4.98 Å². The zero-order valence-corrected chi connectivity index (χ0v) is 22.0. The molecule has 1 aliphatic heterocycles. The van der Waals surface area contributed by atoms with Crippen LogP contribution >= 0.6 is 11.6 Å². The Hall–Kier alpha value is -5.16. The molecule has 1 amide bonds. The van der Waals surface area contributed by atoms with Crippen molar-refractivity contribution in [2.75, 3.05) is 11.7 Å². The quantitative estimate of drug-likeness (QED) is 0.186. The monoisotopic (exact) mass is 578 g/mol. The molecule has 0 saturated heterocycles. The van der Waals surface area contributed by atoms with Crippen LogP contribution in [-0.4, -0.2) is 29.8 Å². The average molecular weight is 579 g/mol. The highest BCUT2D eigenvalue weighted by Crippen LogP contribution is 2.51. The first-order valence-electron chi connectivity index (χ1n) is 12.2. The smallest absolute Gasteiger partial charge is 0.478 e. The van der Waals surface area contributed by atoms with Crippen molar-refractivity contribution in [3.8, 4) is 17.4 Å². The molecule has 41 heavy (non-hydrogen) atoms. The molecule has 0 aliphatic carbocycles. The fourth-order valence-corrected chi connectivity index (χ4v) is 4.34. The van der Waals surface area contributed by atoms with E-state index in [-0.39, 0.29) is 40.8 Å². The summed E-state index contributed by atoms with van der Waals surface area (Å²) in [5.41, 5.74) is -3.03. The number of anilines is 1. The zero-order valence-electron chi connectivity index (χ0n) is 21.3. The first-order chi connectivity index (χ1) is 19.8. The summed E-state index contributed by atoms with van der Waals surface area (Å²) in [4.78, 5) is 49.6. The van der Waals surface area contributed by atoms with Gasteiger partial charge >= 0.3 is 18.2 Å². The van der Waals surface area contributed by atoms with Gasteiger partial charge in [0.15, 0.2) is 0 Å². The molecule has 0 bridgehead atoms. The molecule has 1 atom stereocenters. The van der Waals surface area contributed by atoms with Crippen molar-refractivity contribution in [3.05, 3.63) is 113 Å². The maximum absolute atomic E-state index is 15.0. The van der Waals surface area contributed by atoms with Crippen LogP contribution in [0.2, 0.25) is 5.02 Å². The Bertz CT molecular complexity index is 1610. The molecule has 4 aromatic rings. The predicted molar refractivity (Wildman–Crippen MR) is 142 cm³/mol. The number of carbonyl (C=O) groups excluding carboxylic acids is 3. The molecule has 0 saturated carbocycles. The van der Waals surface area contributed by atoms with Crippen LogP contribution in [0.1, 0.15) is 18.1 Å². The third kappa shape index (κ3) is 5.35. The summed E-state index contributed by atoms with van der Waals surface area (Å²) in [6.45, 7) is 1.79. The molecule has 1 aromatic heterocycles. The van der Waals surface area contributed by atoms with Gasteiger partial charge in [0.1, 0.15) is 17.3 Å². The van der Waals surface area contributed by atoms with Crippen LogP contribution in [-0.2, 0) is 20.0 Å². The Labute approximate surface area is 237 Å². The molecule has 208 valence electrons. The molecule has 0 spiro atoms. The van der Waals surface area contributed by atoms with Crippen LogP contribution < -0.4 is 19.3 Å². The second-order valence-electron chi connectivity index (χ2n) is 8.38. The SMILES string of the molecule is CCOc1ncccc1C1(OC(=O)Oc2ccccc2)C(=O)N(OC(=O)Oc2ccccc2)c2cc(Cl)c(F)cc21. The lowest BCUT2D eigenvalue weighted by Gasteiger charge is -2.28. The van der Waals surface area contributed by atoms with E-state index in [1.807, 2.05) is 0 Å². The van der Waals surface area contributed by atoms with E-state index in [9.17, 15) is 18.8 Å². The van der Waals surface area contributed by atoms with Gasteiger partial charge in [0.2, 0.25) is 5.88 Å². The molecule has 2 heterocycles. The molecule has 0 radical (unpaired) electrons. The number of pyridine rings is 1. The topological polar surface area (TPSA) is 113 Å². The van der Waals surface area contributed by atoms with Gasteiger partial charge in [0.05, 0.1) is 22.9 Å². The van der Waals surface area contributed by atoms with Crippen LogP contribution in [0.15, 0.2) is 91.1 Å². The third-order valence-corrected chi connectivity index (χ3v) is 6.13. The van der Waals surface area contributed by atoms with E-state index in [1.165, 1.54) is 42.6 Å². The minimum atomic E-state index is -2.49. The number of amides is 1. The Morgan fingerprint density at radius 2 is 1.54 bits per heavy atom. The Kier molecular flexibility index (Phi) is 7.70. The number of nitrogens with zero attached hydrogens (tertiary/aromatic N) is 2. The summed E-state index contributed by atoms with van der Waals surface area (Å²) in [6, 6.07) is 20.6.